The molecule has 4 heteroatoms. The van der Waals surface area contributed by atoms with Crippen LogP contribution in [0.5, 0.6) is 0 Å². The third-order valence-corrected chi connectivity index (χ3v) is 5.01. The quantitative estimate of drug-likeness (QED) is 0.913. The van der Waals surface area contributed by atoms with Gasteiger partial charge in [-0.3, -0.25) is 4.79 Å². The van der Waals surface area contributed by atoms with E-state index in [-0.39, 0.29) is 18.6 Å². The summed E-state index contributed by atoms with van der Waals surface area (Å²) in [5.74, 6) is 0.757. The van der Waals surface area contributed by atoms with E-state index in [1.807, 2.05) is 6.92 Å². The monoisotopic (exact) mass is 267 g/mol. The lowest BCUT2D eigenvalue weighted by atomic mass is 9.90. The number of likely N-dealkylation sites (N-methyl/N-ethyl adjacent to an activating group) is 1. The third kappa shape index (κ3) is 2.59. The molecule has 0 radical (unpaired) electrons. The molecule has 0 saturated heterocycles. The molecular weight excluding hydrogens is 246 g/mol. The minimum absolute atomic E-state index is 0.00433. The van der Waals surface area contributed by atoms with Crippen molar-refractivity contribution in [2.75, 3.05) is 13.7 Å². The van der Waals surface area contributed by atoms with Gasteiger partial charge < -0.3 is 10.0 Å². The van der Waals surface area contributed by atoms with E-state index in [1.54, 1.807) is 23.3 Å². The van der Waals surface area contributed by atoms with Gasteiger partial charge in [0.2, 0.25) is 0 Å². The summed E-state index contributed by atoms with van der Waals surface area (Å²) in [7, 11) is 1.75. The van der Waals surface area contributed by atoms with Crippen molar-refractivity contribution in [2.45, 2.75) is 39.2 Å². The van der Waals surface area contributed by atoms with Crippen molar-refractivity contribution < 1.29 is 9.90 Å². The summed E-state index contributed by atoms with van der Waals surface area (Å²) >= 11 is 1.63. The van der Waals surface area contributed by atoms with Crippen LogP contribution in [0.3, 0.4) is 0 Å². The number of aryl methyl sites for hydroxylation is 1. The zero-order valence-electron chi connectivity index (χ0n) is 11.3. The van der Waals surface area contributed by atoms with Gasteiger partial charge in [-0.2, -0.15) is 0 Å². The number of aliphatic hydroxyl groups excluding tert-OH is 1. The molecular formula is C14H21NO2S. The van der Waals surface area contributed by atoms with Crippen molar-refractivity contribution in [1.29, 1.82) is 0 Å². The molecule has 0 bridgehead atoms. The number of hydrogen-bond donors (Lipinski definition) is 1. The van der Waals surface area contributed by atoms with E-state index in [0.29, 0.717) is 0 Å². The molecule has 3 nitrogen and oxygen atoms in total. The zero-order chi connectivity index (χ0) is 13.3. The first kappa shape index (κ1) is 13.6. The summed E-state index contributed by atoms with van der Waals surface area (Å²) in [5, 5.41) is 9.11. The van der Waals surface area contributed by atoms with Crippen LogP contribution in [0, 0.1) is 5.92 Å². The molecule has 0 spiro atoms. The molecule has 1 aromatic rings. The van der Waals surface area contributed by atoms with Crippen LogP contribution in [0.2, 0.25) is 0 Å². The van der Waals surface area contributed by atoms with Gasteiger partial charge >= 0.3 is 0 Å². The van der Waals surface area contributed by atoms with Crippen molar-refractivity contribution in [1.82, 2.24) is 4.90 Å². The molecule has 100 valence electrons. The number of hydrogen-bond acceptors (Lipinski definition) is 3. The lowest BCUT2D eigenvalue weighted by Gasteiger charge is -2.22. The van der Waals surface area contributed by atoms with Crippen molar-refractivity contribution >= 4 is 17.2 Å². The first-order valence-corrected chi connectivity index (χ1v) is 7.34. The smallest absolute Gasteiger partial charge is 0.263 e. The maximum Gasteiger partial charge on any atom is 0.263 e. The molecule has 1 N–H and O–H groups in total. The van der Waals surface area contributed by atoms with Crippen LogP contribution in [0.1, 0.15) is 40.4 Å². The predicted octanol–water partition coefficient (Wildman–Crippen LogP) is 2.33. The van der Waals surface area contributed by atoms with Gasteiger partial charge in [-0.05, 0) is 43.7 Å². The van der Waals surface area contributed by atoms with Crippen molar-refractivity contribution in [3.05, 3.63) is 21.4 Å². The summed E-state index contributed by atoms with van der Waals surface area (Å²) in [4.78, 5) is 16.1. The normalized spacial score (nSPS) is 20.3. The zero-order valence-corrected chi connectivity index (χ0v) is 12.1. The molecule has 2 unspecified atom stereocenters. The number of aliphatic hydroxyl groups is 1. The number of carbonyl (C=O) groups is 1. The Morgan fingerprint density at radius 1 is 1.67 bits per heavy atom. The van der Waals surface area contributed by atoms with Crippen molar-refractivity contribution in [2.24, 2.45) is 5.92 Å². The molecule has 2 rings (SSSR count). The minimum Gasteiger partial charge on any atom is -0.394 e. The first-order chi connectivity index (χ1) is 8.52. The Kier molecular flexibility index (Phi) is 4.07. The molecule has 0 saturated carbocycles. The topological polar surface area (TPSA) is 40.5 Å². The summed E-state index contributed by atoms with van der Waals surface area (Å²) < 4.78 is 0. The Hall–Kier alpha value is -0.870. The van der Waals surface area contributed by atoms with E-state index in [2.05, 4.69) is 13.0 Å². The second-order valence-corrected chi connectivity index (χ2v) is 6.49. The molecule has 18 heavy (non-hydrogen) atoms. The SMILES string of the molecule is CC1CCc2sc(C(=O)N(C)C(C)CO)cc2C1. The second kappa shape index (κ2) is 5.41. The first-order valence-electron chi connectivity index (χ1n) is 6.52. The molecule has 1 heterocycles. The van der Waals surface area contributed by atoms with Gasteiger partial charge in [0.25, 0.3) is 5.91 Å². The van der Waals surface area contributed by atoms with E-state index in [4.69, 9.17) is 5.11 Å². The molecule has 1 amide bonds. The van der Waals surface area contributed by atoms with E-state index < -0.39 is 0 Å². The summed E-state index contributed by atoms with van der Waals surface area (Å²) in [5.41, 5.74) is 1.35. The van der Waals surface area contributed by atoms with Gasteiger partial charge in [0.05, 0.1) is 17.5 Å². The van der Waals surface area contributed by atoms with E-state index in [9.17, 15) is 4.79 Å². The molecule has 2 atom stereocenters. The number of rotatable bonds is 3. The highest BCUT2D eigenvalue weighted by atomic mass is 32.1. The third-order valence-electron chi connectivity index (χ3n) is 3.79. The van der Waals surface area contributed by atoms with Crippen LogP contribution in [0.25, 0.3) is 0 Å². The molecule has 1 aromatic heterocycles. The van der Waals surface area contributed by atoms with E-state index >= 15 is 0 Å². The molecule has 1 aliphatic carbocycles. The van der Waals surface area contributed by atoms with E-state index in [1.165, 1.54) is 16.9 Å². The maximum absolute atomic E-state index is 12.3. The van der Waals surface area contributed by atoms with Crippen LogP contribution in [0.4, 0.5) is 0 Å². The average Bonchev–Trinajstić information content (AvgIpc) is 2.78. The Bertz CT molecular complexity index is 441. The second-order valence-electron chi connectivity index (χ2n) is 5.35. The molecule has 0 aromatic carbocycles. The highest BCUT2D eigenvalue weighted by Gasteiger charge is 2.23. The van der Waals surface area contributed by atoms with Crippen LogP contribution in [-0.4, -0.2) is 35.6 Å². The minimum atomic E-state index is -0.129. The van der Waals surface area contributed by atoms with E-state index in [0.717, 1.165) is 23.6 Å². The largest absolute Gasteiger partial charge is 0.394 e. The maximum atomic E-state index is 12.3. The standard InChI is InChI=1S/C14H21NO2S/c1-9-4-5-12-11(6-9)7-13(18-12)14(17)15(3)10(2)8-16/h7,9-10,16H,4-6,8H2,1-3H3. The van der Waals surface area contributed by atoms with Gasteiger partial charge in [0, 0.05) is 11.9 Å². The molecule has 0 aliphatic heterocycles. The fourth-order valence-corrected chi connectivity index (χ4v) is 3.50. The number of amides is 1. The molecule has 0 fully saturated rings. The fraction of sp³-hybridized carbons (Fsp3) is 0.643. The van der Waals surface area contributed by atoms with Crippen LogP contribution < -0.4 is 0 Å². The molecule has 1 aliphatic rings. The van der Waals surface area contributed by atoms with Gasteiger partial charge in [-0.15, -0.1) is 11.3 Å². The average molecular weight is 267 g/mol. The van der Waals surface area contributed by atoms with Gasteiger partial charge in [-0.25, -0.2) is 0 Å². The summed E-state index contributed by atoms with van der Waals surface area (Å²) in [6.07, 6.45) is 3.43. The van der Waals surface area contributed by atoms with Crippen LogP contribution in [0.15, 0.2) is 6.07 Å². The van der Waals surface area contributed by atoms with Crippen LogP contribution >= 0.6 is 11.3 Å². The predicted molar refractivity (Wildman–Crippen MR) is 74.1 cm³/mol. The van der Waals surface area contributed by atoms with Crippen LogP contribution in [-0.2, 0) is 12.8 Å². The number of thiophene rings is 1. The van der Waals surface area contributed by atoms with Crippen molar-refractivity contribution in [3.8, 4) is 0 Å². The van der Waals surface area contributed by atoms with Gasteiger partial charge in [0.1, 0.15) is 0 Å². The van der Waals surface area contributed by atoms with Gasteiger partial charge in [0.15, 0.2) is 0 Å². The number of fused-ring (bicyclic) bond motifs is 1. The Morgan fingerprint density at radius 2 is 2.39 bits per heavy atom. The highest BCUT2D eigenvalue weighted by molar-refractivity contribution is 7.14. The fourth-order valence-electron chi connectivity index (χ4n) is 2.31. The highest BCUT2D eigenvalue weighted by Crippen LogP contribution is 2.32. The van der Waals surface area contributed by atoms with Gasteiger partial charge in [-0.1, -0.05) is 6.92 Å². The van der Waals surface area contributed by atoms with Crippen molar-refractivity contribution in [3.63, 3.8) is 0 Å². The lowest BCUT2D eigenvalue weighted by Crippen LogP contribution is -2.36. The number of carbonyl (C=O) groups excluding carboxylic acids is 1. The summed E-state index contributed by atoms with van der Waals surface area (Å²) in [6.45, 7) is 4.12. The Morgan fingerprint density at radius 3 is 3.06 bits per heavy atom. The number of nitrogens with zero attached hydrogens (tertiary/aromatic N) is 1. The lowest BCUT2D eigenvalue weighted by molar-refractivity contribution is 0.0687. The Balaban J connectivity index is 2.17. The summed E-state index contributed by atoms with van der Waals surface area (Å²) in [6, 6.07) is 1.93. The Labute approximate surface area is 112 Å².